The molecule has 7 atom stereocenters. The molecule has 0 aromatic carbocycles. The average molecular weight is 856 g/mol. The highest BCUT2D eigenvalue weighted by Gasteiger charge is 2.39. The molecule has 0 saturated heterocycles. The minimum absolute atomic E-state index is 0.00836. The number of carbonyl (C=O) groups excluding carboxylic acids is 2. The molecule has 1 heterocycles. The topological polar surface area (TPSA) is 208 Å². The van der Waals surface area contributed by atoms with E-state index in [0.717, 1.165) is 88.6 Å². The lowest BCUT2D eigenvalue weighted by atomic mass is 9.89. The van der Waals surface area contributed by atoms with Gasteiger partial charge in [-0.15, -0.1) is 0 Å². The predicted octanol–water partition coefficient (Wildman–Crippen LogP) is 8.42. The van der Waals surface area contributed by atoms with Crippen LogP contribution in [0.25, 0.3) is 0 Å². The van der Waals surface area contributed by atoms with Crippen LogP contribution in [-0.2, 0) is 45.5 Å². The lowest BCUT2D eigenvalue weighted by Gasteiger charge is -2.20. The zero-order chi connectivity index (χ0) is 43.5. The first-order valence-electron chi connectivity index (χ1n) is 22.4. The van der Waals surface area contributed by atoms with Crippen LogP contribution >= 0.6 is 7.82 Å². The van der Waals surface area contributed by atoms with Crippen LogP contribution in [0.1, 0.15) is 158 Å². The molecule has 1 aliphatic carbocycles. The fourth-order valence-electron chi connectivity index (χ4n) is 7.44. The summed E-state index contributed by atoms with van der Waals surface area (Å²) in [6.45, 7) is 7.54. The second-order valence-electron chi connectivity index (χ2n) is 16.1. The molecule has 6 N–H and O–H groups in total. The lowest BCUT2D eigenvalue weighted by molar-refractivity contribution is -0.161. The summed E-state index contributed by atoms with van der Waals surface area (Å²) in [7, 11) is -4.46. The van der Waals surface area contributed by atoms with E-state index >= 15 is 0 Å². The smallest absolute Gasteiger partial charge is 0.466 e. The van der Waals surface area contributed by atoms with Crippen molar-refractivity contribution in [2.45, 2.75) is 187 Å². The van der Waals surface area contributed by atoms with E-state index < -0.39 is 50.8 Å². The Labute approximate surface area is 354 Å². The summed E-state index contributed by atoms with van der Waals surface area (Å²) in [6.07, 6.45) is 21.6. The van der Waals surface area contributed by atoms with Crippen LogP contribution < -0.4 is 5.73 Å². The third-order valence-corrected chi connectivity index (χ3v) is 12.1. The highest BCUT2D eigenvalue weighted by Crippen LogP contribution is 2.43. The van der Waals surface area contributed by atoms with Crippen LogP contribution in [0.4, 0.5) is 0 Å². The summed E-state index contributed by atoms with van der Waals surface area (Å²) >= 11 is 0. The highest BCUT2D eigenvalue weighted by molar-refractivity contribution is 7.47. The van der Waals surface area contributed by atoms with Gasteiger partial charge < -0.3 is 39.8 Å². The van der Waals surface area contributed by atoms with E-state index in [4.69, 9.17) is 28.7 Å². The second kappa shape index (κ2) is 30.6. The number of nitrogens with two attached hydrogens (primary N) is 1. The zero-order valence-electron chi connectivity index (χ0n) is 36.5. The van der Waals surface area contributed by atoms with Crippen molar-refractivity contribution in [3.05, 3.63) is 47.0 Å². The highest BCUT2D eigenvalue weighted by atomic mass is 31.2. The summed E-state index contributed by atoms with van der Waals surface area (Å²) in [4.78, 5) is 35.2. The third-order valence-electron chi connectivity index (χ3n) is 11.1. The predicted molar refractivity (Wildman–Crippen MR) is 230 cm³/mol. The van der Waals surface area contributed by atoms with E-state index in [-0.39, 0.29) is 50.9 Å². The van der Waals surface area contributed by atoms with E-state index in [9.17, 15) is 34.4 Å². The average Bonchev–Trinajstić information content (AvgIpc) is 3.63. The molecule has 59 heavy (non-hydrogen) atoms. The SMILES string of the molecule is CCCCC[C@H](O)/C=C/[C@@H]1[C@@H](C/C=C/CCCC(=O)O[C@H](COC(=O)CCCCCCCCCCc2oc(CCC)c(C)c2C)COP(=O)(O)OCCN)[C@@H](O)C[C@H]1O. The number of unbranched alkanes of at least 4 members (excludes halogenated alkanes) is 10. The molecule has 0 spiro atoms. The number of allylic oxidation sites excluding steroid dienone is 2. The molecule has 0 amide bonds. The Kier molecular flexibility index (Phi) is 27.4. The van der Waals surface area contributed by atoms with Crippen LogP contribution in [0.15, 0.2) is 28.7 Å². The number of hydrogen-bond acceptors (Lipinski definition) is 12. The number of carbonyl (C=O) groups is 2. The normalized spacial score (nSPS) is 20.4. The van der Waals surface area contributed by atoms with Crippen molar-refractivity contribution in [1.29, 1.82) is 0 Å². The standard InChI is InChI=1S/C45H78NO12P/c1-5-7-16-22-36(47)27-28-39-38(40(48)31-41(39)49)23-17-14-15-20-26-45(51)57-37(33-56-59(52,53)55-30-29-46)32-54-44(50)25-19-13-11-9-8-10-12-18-24-43-35(4)34(3)42(58-43)21-6-2/h14,17,27-28,36-41,47-49H,5-13,15-16,18-26,29-33,46H2,1-4H3,(H,52,53)/b17-14+,28-27+/t36-,37+,38+,39+,40-,41+/m0/s1. The first-order valence-corrected chi connectivity index (χ1v) is 23.9. The Balaban J connectivity index is 1.70. The fraction of sp³-hybridized carbons (Fsp3) is 0.778. The molecule has 1 aromatic heterocycles. The maximum atomic E-state index is 12.7. The Hall–Kier alpha value is -2.35. The largest absolute Gasteiger partial charge is 0.472 e. The van der Waals surface area contributed by atoms with Gasteiger partial charge in [-0.3, -0.25) is 18.6 Å². The van der Waals surface area contributed by atoms with Gasteiger partial charge in [-0.05, 0) is 75.8 Å². The maximum Gasteiger partial charge on any atom is 0.472 e. The van der Waals surface area contributed by atoms with Crippen molar-refractivity contribution in [2.24, 2.45) is 17.6 Å². The summed E-state index contributed by atoms with van der Waals surface area (Å²) in [5.41, 5.74) is 7.95. The molecular weight excluding hydrogens is 777 g/mol. The first-order chi connectivity index (χ1) is 28.3. The van der Waals surface area contributed by atoms with Crippen LogP contribution in [-0.4, -0.2) is 82.9 Å². The lowest BCUT2D eigenvalue weighted by Crippen LogP contribution is -2.29. The Morgan fingerprint density at radius 2 is 1.49 bits per heavy atom. The molecule has 340 valence electrons. The summed E-state index contributed by atoms with van der Waals surface area (Å²) in [6, 6.07) is 0. The number of phosphoric ester groups is 1. The van der Waals surface area contributed by atoms with Crippen LogP contribution in [0, 0.1) is 25.7 Å². The number of phosphoric acid groups is 1. The molecule has 0 aliphatic heterocycles. The minimum Gasteiger partial charge on any atom is -0.466 e. The van der Waals surface area contributed by atoms with Crippen LogP contribution in [0.5, 0.6) is 0 Å². The number of hydrogen-bond donors (Lipinski definition) is 5. The maximum absolute atomic E-state index is 12.7. The van der Waals surface area contributed by atoms with Gasteiger partial charge in [0.1, 0.15) is 18.1 Å². The third kappa shape index (κ3) is 22.4. The first kappa shape index (κ1) is 52.8. The van der Waals surface area contributed by atoms with Gasteiger partial charge in [0.05, 0.1) is 31.5 Å². The Morgan fingerprint density at radius 3 is 2.17 bits per heavy atom. The van der Waals surface area contributed by atoms with Gasteiger partial charge in [0, 0.05) is 44.6 Å². The molecule has 1 unspecified atom stereocenters. The van der Waals surface area contributed by atoms with Gasteiger partial charge in [0.15, 0.2) is 6.10 Å². The van der Waals surface area contributed by atoms with Crippen LogP contribution in [0.2, 0.25) is 0 Å². The van der Waals surface area contributed by atoms with Gasteiger partial charge in [-0.1, -0.05) is 95.9 Å². The molecule has 14 heteroatoms. The van der Waals surface area contributed by atoms with Crippen molar-refractivity contribution in [3.8, 4) is 0 Å². The zero-order valence-corrected chi connectivity index (χ0v) is 37.4. The number of aliphatic hydroxyl groups is 3. The van der Waals surface area contributed by atoms with Crippen molar-refractivity contribution < 1.29 is 57.3 Å². The van der Waals surface area contributed by atoms with Gasteiger partial charge >= 0.3 is 19.8 Å². The van der Waals surface area contributed by atoms with Gasteiger partial charge in [0.2, 0.25) is 0 Å². The van der Waals surface area contributed by atoms with Crippen molar-refractivity contribution >= 4 is 19.8 Å². The summed E-state index contributed by atoms with van der Waals surface area (Å²) in [5, 5.41) is 31.3. The number of ether oxygens (including phenoxy) is 2. The molecule has 2 rings (SSSR count). The van der Waals surface area contributed by atoms with Gasteiger partial charge in [0.25, 0.3) is 0 Å². The Morgan fingerprint density at radius 1 is 0.831 bits per heavy atom. The summed E-state index contributed by atoms with van der Waals surface area (Å²) in [5.74, 6) is 0.793. The number of aliphatic hydroxyl groups excluding tert-OH is 3. The molecule has 1 aliphatic rings. The van der Waals surface area contributed by atoms with E-state index in [1.807, 2.05) is 18.2 Å². The number of esters is 2. The molecule has 13 nitrogen and oxygen atoms in total. The van der Waals surface area contributed by atoms with E-state index in [1.54, 1.807) is 6.08 Å². The summed E-state index contributed by atoms with van der Waals surface area (Å²) < 4.78 is 38.9. The fourth-order valence-corrected chi connectivity index (χ4v) is 8.20. The molecule has 1 aromatic rings. The number of furan rings is 1. The molecule has 0 bridgehead atoms. The van der Waals surface area contributed by atoms with Crippen molar-refractivity contribution in [1.82, 2.24) is 0 Å². The number of aryl methyl sites for hydroxylation is 2. The number of rotatable bonds is 34. The van der Waals surface area contributed by atoms with E-state index in [2.05, 4.69) is 27.7 Å². The molecular formula is C45H78NO12P. The van der Waals surface area contributed by atoms with Crippen molar-refractivity contribution in [2.75, 3.05) is 26.4 Å². The second-order valence-corrected chi connectivity index (χ2v) is 17.6. The Bertz CT molecular complexity index is 1410. The van der Waals surface area contributed by atoms with E-state index in [0.29, 0.717) is 32.1 Å². The van der Waals surface area contributed by atoms with Crippen LogP contribution in [0.3, 0.4) is 0 Å². The van der Waals surface area contributed by atoms with Gasteiger partial charge in [-0.2, -0.15) is 0 Å². The monoisotopic (exact) mass is 856 g/mol. The van der Waals surface area contributed by atoms with Gasteiger partial charge in [-0.25, -0.2) is 4.57 Å². The van der Waals surface area contributed by atoms with E-state index in [1.165, 1.54) is 17.5 Å². The minimum atomic E-state index is -4.46. The van der Waals surface area contributed by atoms with Crippen molar-refractivity contribution in [3.63, 3.8) is 0 Å². The molecule has 1 fully saturated rings. The quantitative estimate of drug-likeness (QED) is 0.0191. The molecule has 0 radical (unpaired) electrons. The molecule has 1 saturated carbocycles.